The molecule has 0 radical (unpaired) electrons. The maximum atomic E-state index is 13.0. The van der Waals surface area contributed by atoms with E-state index in [2.05, 4.69) is 15.3 Å². The third-order valence-electron chi connectivity index (χ3n) is 6.44. The number of fused-ring (bicyclic) bond motifs is 1. The van der Waals surface area contributed by atoms with Gasteiger partial charge in [-0.25, -0.2) is 9.78 Å². The first kappa shape index (κ1) is 22.5. The molecule has 0 fully saturated rings. The number of aromatic amines is 1. The van der Waals surface area contributed by atoms with Crippen molar-refractivity contribution in [1.29, 1.82) is 0 Å². The van der Waals surface area contributed by atoms with Gasteiger partial charge in [-0.2, -0.15) is 0 Å². The van der Waals surface area contributed by atoms with Crippen LogP contribution < -0.4 is 11.0 Å². The molecule has 2 aromatic heterocycles. The maximum Gasteiger partial charge on any atom is 0.327 e. The number of rotatable bonds is 8. The fraction of sp³-hybridized carbons (Fsp3) is 0.269. The van der Waals surface area contributed by atoms with Crippen molar-refractivity contribution in [2.75, 3.05) is 11.9 Å². The third-order valence-corrected chi connectivity index (χ3v) is 6.44. The lowest BCUT2D eigenvalue weighted by molar-refractivity contribution is -0.129. The highest BCUT2D eigenvalue weighted by molar-refractivity contribution is 5.84. The van der Waals surface area contributed by atoms with Gasteiger partial charge in [-0.15, -0.1) is 0 Å². The van der Waals surface area contributed by atoms with Crippen LogP contribution in [0.2, 0.25) is 0 Å². The summed E-state index contributed by atoms with van der Waals surface area (Å²) in [4.78, 5) is 34.6. The molecule has 0 saturated carbocycles. The van der Waals surface area contributed by atoms with Gasteiger partial charge in [-0.3, -0.25) is 14.3 Å². The van der Waals surface area contributed by atoms with Crippen molar-refractivity contribution >= 4 is 11.7 Å². The van der Waals surface area contributed by atoms with Gasteiger partial charge in [0.1, 0.15) is 11.6 Å². The number of amides is 1. The van der Waals surface area contributed by atoms with Crippen LogP contribution in [-0.4, -0.2) is 41.6 Å². The molecule has 3 heterocycles. The van der Waals surface area contributed by atoms with Gasteiger partial charge in [-0.05, 0) is 36.1 Å². The number of phenolic OH excluding ortho intramolecular Hbond substituents is 1. The number of hydrogen-bond donors (Lipinski definition) is 3. The van der Waals surface area contributed by atoms with E-state index >= 15 is 0 Å². The second-order valence-corrected chi connectivity index (χ2v) is 8.80. The Balaban J connectivity index is 1.38. The Morgan fingerprint density at radius 2 is 1.89 bits per heavy atom. The molecule has 0 saturated heterocycles. The minimum absolute atomic E-state index is 0.0303. The molecule has 0 spiro atoms. The van der Waals surface area contributed by atoms with Crippen LogP contribution in [0.1, 0.15) is 23.1 Å². The Morgan fingerprint density at radius 1 is 1.11 bits per heavy atom. The molecule has 0 unspecified atom stereocenters. The van der Waals surface area contributed by atoms with Crippen molar-refractivity contribution in [3.63, 3.8) is 0 Å². The van der Waals surface area contributed by atoms with E-state index in [1.165, 1.54) is 0 Å². The first-order valence-corrected chi connectivity index (χ1v) is 11.7. The number of aromatic hydroxyl groups is 1. The minimum Gasteiger partial charge on any atom is -0.507 e. The molecule has 180 valence electrons. The van der Waals surface area contributed by atoms with Crippen LogP contribution in [0.25, 0.3) is 11.3 Å². The molecule has 9 heteroatoms. The highest BCUT2D eigenvalue weighted by Gasteiger charge is 2.24. The summed E-state index contributed by atoms with van der Waals surface area (Å²) in [7, 11) is 0. The quantitative estimate of drug-likeness (QED) is 0.365. The van der Waals surface area contributed by atoms with E-state index in [0.717, 1.165) is 11.1 Å². The lowest BCUT2D eigenvalue weighted by atomic mass is 10.1. The van der Waals surface area contributed by atoms with Gasteiger partial charge in [-0.1, -0.05) is 36.4 Å². The number of phenols is 1. The SMILES string of the molecule is Cc1cccc(-c2c(NCC(=O)N3Cc4ccccc4C3)[nH]c(=O)n2CCCn2ccnc2)c1O. The Bertz CT molecular complexity index is 1380. The Morgan fingerprint density at radius 3 is 2.60 bits per heavy atom. The van der Waals surface area contributed by atoms with Gasteiger partial charge in [0.2, 0.25) is 5.91 Å². The summed E-state index contributed by atoms with van der Waals surface area (Å²) in [6.45, 7) is 4.14. The molecule has 1 aliphatic rings. The van der Waals surface area contributed by atoms with E-state index < -0.39 is 0 Å². The van der Waals surface area contributed by atoms with Crippen molar-refractivity contribution in [2.45, 2.75) is 39.5 Å². The molecular formula is C26H28N6O3. The molecule has 0 aliphatic carbocycles. The zero-order valence-corrected chi connectivity index (χ0v) is 19.6. The van der Waals surface area contributed by atoms with Crippen molar-refractivity contribution in [2.24, 2.45) is 0 Å². The standard InChI is InChI=1S/C26H28N6O3/c1-18-6-4-9-21(24(18)34)23-25(29-26(35)32(23)12-5-11-30-13-10-27-17-30)28-14-22(33)31-15-19-7-2-3-8-20(19)16-31/h2-4,6-10,13,17,28,34H,5,11-12,14-16H2,1H3,(H,29,35). The number of anilines is 1. The number of benzene rings is 2. The topological polar surface area (TPSA) is 108 Å². The van der Waals surface area contributed by atoms with Crippen LogP contribution in [0.5, 0.6) is 5.75 Å². The Hall–Kier alpha value is -4.27. The van der Waals surface area contributed by atoms with Crippen molar-refractivity contribution < 1.29 is 9.90 Å². The summed E-state index contributed by atoms with van der Waals surface area (Å²) >= 11 is 0. The molecular weight excluding hydrogens is 444 g/mol. The van der Waals surface area contributed by atoms with Gasteiger partial charge < -0.3 is 19.9 Å². The molecule has 0 bridgehead atoms. The highest BCUT2D eigenvalue weighted by Crippen LogP contribution is 2.35. The molecule has 1 aliphatic heterocycles. The van der Waals surface area contributed by atoms with Gasteiger partial charge in [0.15, 0.2) is 0 Å². The lowest BCUT2D eigenvalue weighted by Gasteiger charge is -2.17. The number of aryl methyl sites for hydroxylation is 2. The number of imidazole rings is 2. The summed E-state index contributed by atoms with van der Waals surface area (Å²) in [5.41, 5.74) is 3.80. The van der Waals surface area contributed by atoms with Crippen LogP contribution in [0, 0.1) is 6.92 Å². The highest BCUT2D eigenvalue weighted by atomic mass is 16.3. The number of H-pyrrole nitrogens is 1. The van der Waals surface area contributed by atoms with Crippen LogP contribution in [0.3, 0.4) is 0 Å². The number of hydrogen-bond acceptors (Lipinski definition) is 5. The summed E-state index contributed by atoms with van der Waals surface area (Å²) in [6.07, 6.45) is 6.03. The van der Waals surface area contributed by atoms with Crippen molar-refractivity contribution in [1.82, 2.24) is 24.0 Å². The van der Waals surface area contributed by atoms with E-state index in [9.17, 15) is 14.7 Å². The maximum absolute atomic E-state index is 13.0. The first-order valence-electron chi connectivity index (χ1n) is 11.7. The molecule has 3 N–H and O–H groups in total. The largest absolute Gasteiger partial charge is 0.507 e. The lowest BCUT2D eigenvalue weighted by Crippen LogP contribution is -2.31. The Kier molecular flexibility index (Phi) is 6.13. The van der Waals surface area contributed by atoms with Gasteiger partial charge in [0.25, 0.3) is 0 Å². The third kappa shape index (κ3) is 4.57. The van der Waals surface area contributed by atoms with Crippen LogP contribution in [0.15, 0.2) is 66.0 Å². The van der Waals surface area contributed by atoms with Crippen molar-refractivity contribution in [3.8, 4) is 17.0 Å². The summed E-state index contributed by atoms with van der Waals surface area (Å²) in [5.74, 6) is 0.470. The number of nitrogens with zero attached hydrogens (tertiary/aromatic N) is 4. The predicted molar refractivity (Wildman–Crippen MR) is 133 cm³/mol. The van der Waals surface area contributed by atoms with Crippen LogP contribution in [0.4, 0.5) is 5.82 Å². The number of aromatic nitrogens is 4. The van der Waals surface area contributed by atoms with E-state index in [1.54, 1.807) is 28.1 Å². The van der Waals surface area contributed by atoms with Crippen molar-refractivity contribution in [3.05, 3.63) is 88.4 Å². The fourth-order valence-electron chi connectivity index (χ4n) is 4.56. The van der Waals surface area contributed by atoms with Crippen LogP contribution >= 0.6 is 0 Å². The van der Waals surface area contributed by atoms with E-state index in [1.807, 2.05) is 54.1 Å². The molecule has 0 atom stereocenters. The van der Waals surface area contributed by atoms with E-state index in [0.29, 0.717) is 55.2 Å². The molecule has 35 heavy (non-hydrogen) atoms. The van der Waals surface area contributed by atoms with E-state index in [-0.39, 0.29) is 23.9 Å². The zero-order chi connectivity index (χ0) is 24.4. The molecule has 9 nitrogen and oxygen atoms in total. The molecule has 5 rings (SSSR count). The van der Waals surface area contributed by atoms with Gasteiger partial charge in [0.05, 0.1) is 18.6 Å². The smallest absolute Gasteiger partial charge is 0.327 e. The number of para-hydroxylation sites is 1. The molecule has 4 aromatic rings. The average Bonchev–Trinajstić information content (AvgIpc) is 3.59. The second-order valence-electron chi connectivity index (χ2n) is 8.80. The van der Waals surface area contributed by atoms with E-state index in [4.69, 9.17) is 0 Å². The first-order chi connectivity index (χ1) is 17.0. The summed E-state index contributed by atoms with van der Waals surface area (Å²) in [5, 5.41) is 13.9. The van der Waals surface area contributed by atoms with Gasteiger partial charge in [0, 0.05) is 44.1 Å². The second kappa shape index (κ2) is 9.54. The molecule has 1 amide bonds. The normalized spacial score (nSPS) is 12.7. The summed E-state index contributed by atoms with van der Waals surface area (Å²) in [6, 6.07) is 13.5. The van der Waals surface area contributed by atoms with Gasteiger partial charge >= 0.3 is 5.69 Å². The minimum atomic E-state index is -0.296. The number of carbonyl (C=O) groups is 1. The zero-order valence-electron chi connectivity index (χ0n) is 19.6. The molecule has 2 aromatic carbocycles. The van der Waals surface area contributed by atoms with Crippen LogP contribution in [-0.2, 0) is 31.0 Å². The number of nitrogens with one attached hydrogen (secondary N) is 2. The average molecular weight is 473 g/mol. The monoisotopic (exact) mass is 472 g/mol. The summed E-state index contributed by atoms with van der Waals surface area (Å²) < 4.78 is 3.57. The predicted octanol–water partition coefficient (Wildman–Crippen LogP) is 3.10. The fourth-order valence-corrected chi connectivity index (χ4v) is 4.56. The number of carbonyl (C=O) groups excluding carboxylic acids is 1. The Labute approximate surface area is 202 Å².